The zero-order chi connectivity index (χ0) is 17.4. The molecular formula is C16H17ClN4O3S. The summed E-state index contributed by atoms with van der Waals surface area (Å²) in [5.74, 6) is 0.629. The topological polar surface area (TPSA) is 75.6 Å². The average Bonchev–Trinajstić information content (AvgIpc) is 3.06. The van der Waals surface area contributed by atoms with Gasteiger partial charge in [0.05, 0.1) is 30.3 Å². The smallest absolute Gasteiger partial charge is 0.243 e. The van der Waals surface area contributed by atoms with E-state index in [0.29, 0.717) is 24.2 Å². The molecule has 0 aliphatic carbocycles. The van der Waals surface area contributed by atoms with Crippen molar-refractivity contribution in [2.75, 3.05) is 31.2 Å². The van der Waals surface area contributed by atoms with E-state index in [0.717, 1.165) is 24.3 Å². The van der Waals surface area contributed by atoms with Gasteiger partial charge in [0.15, 0.2) is 0 Å². The van der Waals surface area contributed by atoms with Gasteiger partial charge in [-0.2, -0.15) is 4.31 Å². The van der Waals surface area contributed by atoms with Gasteiger partial charge in [-0.05, 0) is 18.2 Å². The van der Waals surface area contributed by atoms with Crippen LogP contribution in [0.25, 0.3) is 0 Å². The lowest BCUT2D eigenvalue weighted by molar-refractivity contribution is 0.122. The number of hydrogen-bond donors (Lipinski definition) is 0. The quantitative estimate of drug-likeness (QED) is 0.806. The molecule has 2 aromatic rings. The molecule has 2 aliphatic heterocycles. The molecule has 0 saturated carbocycles. The van der Waals surface area contributed by atoms with Gasteiger partial charge in [0.25, 0.3) is 0 Å². The molecule has 1 fully saturated rings. The van der Waals surface area contributed by atoms with Crippen LogP contribution in [0.5, 0.6) is 0 Å². The third-order valence-electron chi connectivity index (χ3n) is 4.34. The maximum Gasteiger partial charge on any atom is 0.243 e. The molecule has 0 unspecified atom stereocenters. The number of anilines is 1. The second-order valence-corrected chi connectivity index (χ2v) is 8.35. The highest BCUT2D eigenvalue weighted by atomic mass is 35.5. The van der Waals surface area contributed by atoms with Gasteiger partial charge in [-0.3, -0.25) is 0 Å². The fourth-order valence-corrected chi connectivity index (χ4v) is 4.66. The van der Waals surface area contributed by atoms with Gasteiger partial charge in [0, 0.05) is 36.4 Å². The Hall–Kier alpha value is -1.74. The normalized spacial score (nSPS) is 18.4. The lowest BCUT2D eigenvalue weighted by Crippen LogP contribution is -2.37. The standard InChI is InChI=1S/C16H17ClN4O3S/c17-13-2-1-3-14(8-13)25(22,23)21-10-12-9-18-16(19-15(12)11-21)20-4-6-24-7-5-20/h1-3,8-9H,4-7,10-11H2. The molecular weight excluding hydrogens is 364 g/mol. The van der Waals surface area contributed by atoms with Crippen molar-refractivity contribution in [1.82, 2.24) is 14.3 Å². The highest BCUT2D eigenvalue weighted by Crippen LogP contribution is 2.29. The summed E-state index contributed by atoms with van der Waals surface area (Å²) in [6.45, 7) is 3.29. The first-order valence-electron chi connectivity index (χ1n) is 7.97. The minimum atomic E-state index is -3.62. The Bertz CT molecular complexity index is 900. The molecule has 9 heteroatoms. The van der Waals surface area contributed by atoms with Crippen molar-refractivity contribution in [3.63, 3.8) is 0 Å². The number of morpholine rings is 1. The number of hydrogen-bond acceptors (Lipinski definition) is 6. The summed E-state index contributed by atoms with van der Waals surface area (Å²) in [4.78, 5) is 11.2. The van der Waals surface area contributed by atoms with Crippen LogP contribution in [0.2, 0.25) is 5.02 Å². The van der Waals surface area contributed by atoms with Crippen LogP contribution in [-0.4, -0.2) is 49.0 Å². The number of rotatable bonds is 3. The molecule has 0 atom stereocenters. The monoisotopic (exact) mass is 380 g/mol. The maximum absolute atomic E-state index is 12.8. The molecule has 0 radical (unpaired) electrons. The minimum Gasteiger partial charge on any atom is -0.378 e. The van der Waals surface area contributed by atoms with Crippen LogP contribution in [0.1, 0.15) is 11.3 Å². The Morgan fingerprint density at radius 1 is 1.16 bits per heavy atom. The second kappa shape index (κ2) is 6.53. The summed E-state index contributed by atoms with van der Waals surface area (Å²) in [6.07, 6.45) is 1.72. The second-order valence-electron chi connectivity index (χ2n) is 5.97. The van der Waals surface area contributed by atoms with E-state index in [2.05, 4.69) is 14.9 Å². The average molecular weight is 381 g/mol. The molecule has 2 aliphatic rings. The summed E-state index contributed by atoms with van der Waals surface area (Å²) in [5, 5.41) is 0.396. The Kier molecular flexibility index (Phi) is 4.36. The van der Waals surface area contributed by atoms with Crippen molar-refractivity contribution in [1.29, 1.82) is 0 Å². The van der Waals surface area contributed by atoms with Crippen LogP contribution in [0, 0.1) is 0 Å². The highest BCUT2D eigenvalue weighted by Gasteiger charge is 2.32. The summed E-state index contributed by atoms with van der Waals surface area (Å²) in [6, 6.07) is 6.30. The number of halogens is 1. The van der Waals surface area contributed by atoms with Gasteiger partial charge in [-0.25, -0.2) is 18.4 Å². The van der Waals surface area contributed by atoms with E-state index in [1.807, 2.05) is 0 Å². The van der Waals surface area contributed by atoms with Crippen molar-refractivity contribution < 1.29 is 13.2 Å². The van der Waals surface area contributed by atoms with E-state index >= 15 is 0 Å². The molecule has 0 amide bonds. The van der Waals surface area contributed by atoms with Crippen molar-refractivity contribution in [2.45, 2.75) is 18.0 Å². The van der Waals surface area contributed by atoms with Gasteiger partial charge in [0.1, 0.15) is 0 Å². The van der Waals surface area contributed by atoms with Crippen molar-refractivity contribution >= 4 is 27.6 Å². The SMILES string of the molecule is O=S(=O)(c1cccc(Cl)c1)N1Cc2cnc(N3CCOCC3)nc2C1. The molecule has 7 nitrogen and oxygen atoms in total. The molecule has 0 bridgehead atoms. The van der Waals surface area contributed by atoms with Crippen molar-refractivity contribution in [2.24, 2.45) is 0 Å². The maximum atomic E-state index is 12.8. The zero-order valence-electron chi connectivity index (χ0n) is 13.4. The largest absolute Gasteiger partial charge is 0.378 e. The third kappa shape index (κ3) is 3.22. The van der Waals surface area contributed by atoms with Crippen LogP contribution < -0.4 is 4.90 Å². The summed E-state index contributed by atoms with van der Waals surface area (Å²) < 4.78 is 32.4. The van der Waals surface area contributed by atoms with Crippen LogP contribution in [0.4, 0.5) is 5.95 Å². The van der Waals surface area contributed by atoms with Crippen LogP contribution >= 0.6 is 11.6 Å². The third-order valence-corrected chi connectivity index (χ3v) is 6.36. The van der Waals surface area contributed by atoms with Gasteiger partial charge in [-0.1, -0.05) is 17.7 Å². The number of nitrogens with zero attached hydrogens (tertiary/aromatic N) is 4. The molecule has 25 heavy (non-hydrogen) atoms. The first-order chi connectivity index (χ1) is 12.0. The number of benzene rings is 1. The first kappa shape index (κ1) is 16.7. The summed E-state index contributed by atoms with van der Waals surface area (Å²) in [5.41, 5.74) is 1.59. The molecule has 4 rings (SSSR count). The molecule has 0 spiro atoms. The fourth-order valence-electron chi connectivity index (χ4n) is 2.98. The van der Waals surface area contributed by atoms with E-state index in [4.69, 9.17) is 16.3 Å². The van der Waals surface area contributed by atoms with E-state index in [-0.39, 0.29) is 18.0 Å². The number of ether oxygens (including phenoxy) is 1. The Balaban J connectivity index is 1.58. The van der Waals surface area contributed by atoms with Crippen LogP contribution in [0.15, 0.2) is 35.4 Å². The molecule has 1 aromatic heterocycles. The Morgan fingerprint density at radius 2 is 1.96 bits per heavy atom. The fraction of sp³-hybridized carbons (Fsp3) is 0.375. The molecule has 3 heterocycles. The predicted octanol–water partition coefficient (Wildman–Crippen LogP) is 1.67. The lowest BCUT2D eigenvalue weighted by atomic mass is 10.3. The Morgan fingerprint density at radius 3 is 2.72 bits per heavy atom. The van der Waals surface area contributed by atoms with Gasteiger partial charge in [-0.15, -0.1) is 0 Å². The molecule has 1 aromatic carbocycles. The first-order valence-corrected chi connectivity index (χ1v) is 9.79. The number of sulfonamides is 1. The predicted molar refractivity (Wildman–Crippen MR) is 92.9 cm³/mol. The van der Waals surface area contributed by atoms with E-state index < -0.39 is 10.0 Å². The van der Waals surface area contributed by atoms with Gasteiger partial charge < -0.3 is 9.64 Å². The molecule has 1 saturated heterocycles. The van der Waals surface area contributed by atoms with Gasteiger partial charge >= 0.3 is 0 Å². The Labute approximate surface area is 151 Å². The summed E-state index contributed by atoms with van der Waals surface area (Å²) in [7, 11) is -3.62. The number of aromatic nitrogens is 2. The number of fused-ring (bicyclic) bond motifs is 1. The van der Waals surface area contributed by atoms with E-state index in [9.17, 15) is 8.42 Å². The van der Waals surface area contributed by atoms with Crippen molar-refractivity contribution in [3.05, 3.63) is 46.7 Å². The van der Waals surface area contributed by atoms with Crippen molar-refractivity contribution in [3.8, 4) is 0 Å². The van der Waals surface area contributed by atoms with Crippen LogP contribution in [0.3, 0.4) is 0 Å². The minimum absolute atomic E-state index is 0.189. The van der Waals surface area contributed by atoms with E-state index in [1.54, 1.807) is 24.4 Å². The van der Waals surface area contributed by atoms with Crippen LogP contribution in [-0.2, 0) is 27.8 Å². The van der Waals surface area contributed by atoms with E-state index in [1.165, 1.54) is 10.4 Å². The summed E-state index contributed by atoms with van der Waals surface area (Å²) >= 11 is 5.93. The molecule has 0 N–H and O–H groups in total. The lowest BCUT2D eigenvalue weighted by Gasteiger charge is -2.26. The zero-order valence-corrected chi connectivity index (χ0v) is 15.0. The molecule has 132 valence electrons. The highest BCUT2D eigenvalue weighted by molar-refractivity contribution is 7.89. The van der Waals surface area contributed by atoms with Gasteiger partial charge in [0.2, 0.25) is 16.0 Å².